The molecule has 0 atom stereocenters. The third-order valence-electron chi connectivity index (χ3n) is 4.74. The van der Waals surface area contributed by atoms with Gasteiger partial charge in [0.25, 0.3) is 0 Å². The quantitative estimate of drug-likeness (QED) is 0.122. The van der Waals surface area contributed by atoms with Crippen LogP contribution in [0.5, 0.6) is 0 Å². The molecule has 1 N–H and O–H groups in total. The van der Waals surface area contributed by atoms with E-state index in [9.17, 15) is 4.79 Å². The minimum Gasteiger partial charge on any atom is -0.319 e. The highest BCUT2D eigenvalue weighted by atomic mass is 16.2. The number of amides is 1. The van der Waals surface area contributed by atoms with Crippen molar-refractivity contribution in [2.75, 3.05) is 20.6 Å². The van der Waals surface area contributed by atoms with Crippen molar-refractivity contribution >= 4 is 12.1 Å². The summed E-state index contributed by atoms with van der Waals surface area (Å²) in [7, 11) is 3.58. The first-order valence-corrected chi connectivity index (χ1v) is 11.5. The zero-order valence-electron chi connectivity index (χ0n) is 18.8. The second-order valence-electron chi connectivity index (χ2n) is 7.44. The van der Waals surface area contributed by atoms with Gasteiger partial charge in [-0.05, 0) is 52.0 Å². The Morgan fingerprint density at radius 2 is 1.43 bits per heavy atom. The maximum atomic E-state index is 11.7. The molecule has 0 fully saturated rings. The normalized spacial score (nSPS) is 12.0. The number of nitrogens with one attached hydrogen (secondary N) is 1. The third-order valence-corrected chi connectivity index (χ3v) is 4.74. The molecule has 0 aromatic heterocycles. The Morgan fingerprint density at radius 1 is 0.857 bits per heavy atom. The van der Waals surface area contributed by atoms with Gasteiger partial charge < -0.3 is 5.32 Å². The van der Waals surface area contributed by atoms with Crippen LogP contribution in [0.3, 0.4) is 0 Å². The molecule has 0 radical (unpaired) electrons. The van der Waals surface area contributed by atoms with E-state index in [1.165, 1.54) is 69.2 Å². The Labute approximate surface area is 174 Å². The number of hydrogen-bond acceptors (Lipinski definition) is 3. The van der Waals surface area contributed by atoms with Gasteiger partial charge in [-0.1, -0.05) is 69.8 Å². The topological polar surface area (TPSA) is 44.7 Å². The Bertz CT molecular complexity index is 430. The largest absolute Gasteiger partial charge is 0.319 e. The van der Waals surface area contributed by atoms with Gasteiger partial charge in [-0.25, -0.2) is 5.01 Å². The van der Waals surface area contributed by atoms with Crippen molar-refractivity contribution < 1.29 is 4.79 Å². The molecule has 0 aliphatic carbocycles. The molecule has 0 saturated heterocycles. The number of rotatable bonds is 19. The zero-order valence-corrected chi connectivity index (χ0v) is 18.8. The van der Waals surface area contributed by atoms with Crippen molar-refractivity contribution in [2.24, 2.45) is 5.10 Å². The fourth-order valence-electron chi connectivity index (χ4n) is 2.86. The SMILES string of the molecule is CCCCC/C=C\C/C=C\CCCCCCCC/C=N/N(C)C(=O)CCNC. The van der Waals surface area contributed by atoms with Crippen LogP contribution >= 0.6 is 0 Å². The lowest BCUT2D eigenvalue weighted by Crippen LogP contribution is -2.24. The molecule has 0 aromatic carbocycles. The second-order valence-corrected chi connectivity index (χ2v) is 7.44. The van der Waals surface area contributed by atoms with Gasteiger partial charge in [-0.3, -0.25) is 4.79 Å². The summed E-state index contributed by atoms with van der Waals surface area (Å²) < 4.78 is 0. The van der Waals surface area contributed by atoms with Gasteiger partial charge >= 0.3 is 0 Å². The van der Waals surface area contributed by atoms with Crippen LogP contribution in [0.25, 0.3) is 0 Å². The van der Waals surface area contributed by atoms with E-state index in [0.717, 1.165) is 19.3 Å². The van der Waals surface area contributed by atoms with Crippen molar-refractivity contribution in [1.29, 1.82) is 0 Å². The first-order valence-electron chi connectivity index (χ1n) is 11.5. The Kier molecular flexibility index (Phi) is 20.8. The van der Waals surface area contributed by atoms with Gasteiger partial charge in [0.2, 0.25) is 5.91 Å². The van der Waals surface area contributed by atoms with Gasteiger partial charge in [-0.2, -0.15) is 5.10 Å². The lowest BCUT2D eigenvalue weighted by molar-refractivity contribution is -0.129. The lowest BCUT2D eigenvalue weighted by Gasteiger charge is -2.10. The summed E-state index contributed by atoms with van der Waals surface area (Å²) >= 11 is 0. The first kappa shape index (κ1) is 26.6. The molecule has 0 saturated carbocycles. The number of nitrogens with zero attached hydrogens (tertiary/aromatic N) is 2. The average Bonchev–Trinajstić information content (AvgIpc) is 2.70. The van der Waals surface area contributed by atoms with Crippen molar-refractivity contribution in [3.05, 3.63) is 24.3 Å². The number of carbonyl (C=O) groups excluding carboxylic acids is 1. The van der Waals surface area contributed by atoms with E-state index in [1.807, 2.05) is 13.3 Å². The maximum absolute atomic E-state index is 11.7. The Hall–Kier alpha value is -1.42. The molecule has 4 heteroatoms. The van der Waals surface area contributed by atoms with E-state index < -0.39 is 0 Å². The molecule has 28 heavy (non-hydrogen) atoms. The summed E-state index contributed by atoms with van der Waals surface area (Å²) in [6.07, 6.45) is 27.8. The van der Waals surface area contributed by atoms with Crippen LogP contribution in [0, 0.1) is 0 Å². The Morgan fingerprint density at radius 3 is 2.04 bits per heavy atom. The summed E-state index contributed by atoms with van der Waals surface area (Å²) in [6.45, 7) is 2.95. The number of unbranched alkanes of at least 4 members (excludes halogenated alkanes) is 10. The van der Waals surface area contributed by atoms with Crippen LogP contribution in [0.1, 0.15) is 96.8 Å². The molecule has 0 rings (SSSR count). The third kappa shape index (κ3) is 19.3. The molecule has 162 valence electrons. The van der Waals surface area contributed by atoms with E-state index in [4.69, 9.17) is 0 Å². The summed E-state index contributed by atoms with van der Waals surface area (Å²) in [5.74, 6) is 0.0580. The molecule has 1 amide bonds. The molecule has 0 unspecified atom stereocenters. The highest BCUT2D eigenvalue weighted by molar-refractivity contribution is 5.76. The van der Waals surface area contributed by atoms with E-state index in [0.29, 0.717) is 13.0 Å². The highest BCUT2D eigenvalue weighted by Crippen LogP contribution is 2.09. The molecule has 0 heterocycles. The van der Waals surface area contributed by atoms with Gasteiger partial charge in [-0.15, -0.1) is 0 Å². The smallest absolute Gasteiger partial charge is 0.243 e. The van der Waals surface area contributed by atoms with Crippen LogP contribution < -0.4 is 5.32 Å². The van der Waals surface area contributed by atoms with E-state index in [2.05, 4.69) is 41.6 Å². The predicted octanol–water partition coefficient (Wildman–Crippen LogP) is 6.24. The molecule has 0 aliphatic rings. The summed E-state index contributed by atoms with van der Waals surface area (Å²) in [5, 5.41) is 8.63. The summed E-state index contributed by atoms with van der Waals surface area (Å²) in [4.78, 5) is 11.7. The van der Waals surface area contributed by atoms with Crippen molar-refractivity contribution in [2.45, 2.75) is 96.8 Å². The molecule has 0 aliphatic heterocycles. The van der Waals surface area contributed by atoms with Crippen molar-refractivity contribution in [1.82, 2.24) is 10.3 Å². The fourth-order valence-corrected chi connectivity index (χ4v) is 2.86. The van der Waals surface area contributed by atoms with Gasteiger partial charge in [0.1, 0.15) is 0 Å². The number of allylic oxidation sites excluding steroid dienone is 4. The van der Waals surface area contributed by atoms with Crippen LogP contribution in [0.4, 0.5) is 0 Å². The number of hydrogen-bond donors (Lipinski definition) is 1. The molecule has 4 nitrogen and oxygen atoms in total. The molecule has 0 spiro atoms. The Balaban J connectivity index is 3.38. The minimum atomic E-state index is 0.0580. The van der Waals surface area contributed by atoms with Crippen molar-refractivity contribution in [3.8, 4) is 0 Å². The van der Waals surface area contributed by atoms with Crippen LogP contribution in [0.15, 0.2) is 29.4 Å². The molecule has 0 aromatic rings. The van der Waals surface area contributed by atoms with Crippen LogP contribution in [0.2, 0.25) is 0 Å². The highest BCUT2D eigenvalue weighted by Gasteiger charge is 2.04. The zero-order chi connectivity index (χ0) is 20.7. The standard InChI is InChI=1S/C24H45N3O/c1-4-5-6-7-8-9-10-11-12-13-14-15-16-17-18-19-20-22-26-27(3)24(28)21-23-25-2/h8-9,11-12,22,25H,4-7,10,13-21,23H2,1-3H3/b9-8-,12-11-,26-22+. The van der Waals surface area contributed by atoms with Gasteiger partial charge in [0.15, 0.2) is 0 Å². The fraction of sp³-hybridized carbons (Fsp3) is 0.750. The van der Waals surface area contributed by atoms with Gasteiger partial charge in [0.05, 0.1) is 0 Å². The molecular weight excluding hydrogens is 346 g/mol. The predicted molar refractivity (Wildman–Crippen MR) is 124 cm³/mol. The molecule has 0 bridgehead atoms. The number of carbonyl (C=O) groups is 1. The average molecular weight is 392 g/mol. The van der Waals surface area contributed by atoms with E-state index in [-0.39, 0.29) is 5.91 Å². The molecular formula is C24H45N3O. The monoisotopic (exact) mass is 391 g/mol. The summed E-state index contributed by atoms with van der Waals surface area (Å²) in [5.41, 5.74) is 0. The van der Waals surface area contributed by atoms with E-state index >= 15 is 0 Å². The van der Waals surface area contributed by atoms with Crippen LogP contribution in [-0.4, -0.2) is 37.8 Å². The lowest BCUT2D eigenvalue weighted by atomic mass is 10.1. The maximum Gasteiger partial charge on any atom is 0.243 e. The minimum absolute atomic E-state index is 0.0580. The van der Waals surface area contributed by atoms with Gasteiger partial charge in [0, 0.05) is 26.2 Å². The van der Waals surface area contributed by atoms with E-state index in [1.54, 1.807) is 7.05 Å². The second kappa shape index (κ2) is 21.9. The number of hydrazone groups is 1. The van der Waals surface area contributed by atoms with Crippen molar-refractivity contribution in [3.63, 3.8) is 0 Å². The summed E-state index contributed by atoms with van der Waals surface area (Å²) in [6, 6.07) is 0. The van der Waals surface area contributed by atoms with Crippen LogP contribution in [-0.2, 0) is 4.79 Å². The first-order chi connectivity index (χ1) is 13.7.